The summed E-state index contributed by atoms with van der Waals surface area (Å²) in [5.41, 5.74) is 15.3. The first-order valence-electron chi connectivity index (χ1n) is 28.0. The van der Waals surface area contributed by atoms with E-state index < -0.39 is 16.1 Å². The van der Waals surface area contributed by atoms with Crippen LogP contribution in [0.15, 0.2) is 315 Å². The smallest absolute Gasteiger partial charge is 0.0623 e. The lowest BCUT2D eigenvalue weighted by Crippen LogP contribution is -2.72. The molecule has 0 saturated carbocycles. The second-order valence-corrected chi connectivity index (χ2v) is 29.1. The second kappa shape index (κ2) is 18.5. The Balaban J connectivity index is 1.04. The van der Waals surface area contributed by atoms with Gasteiger partial charge in [-0.25, -0.2) is 0 Å². The van der Waals surface area contributed by atoms with Crippen LogP contribution in [0.2, 0.25) is 0 Å². The minimum absolute atomic E-state index is 1.21. The van der Waals surface area contributed by atoms with Gasteiger partial charge in [-0.2, -0.15) is 0 Å². The van der Waals surface area contributed by atoms with Gasteiger partial charge in [-0.15, -0.1) is 0 Å². The van der Waals surface area contributed by atoms with E-state index >= 15 is 0 Å². The Morgan fingerprint density at radius 2 is 0.525 bits per heavy atom. The van der Waals surface area contributed by atoms with Crippen LogP contribution in [0.3, 0.4) is 0 Å². The van der Waals surface area contributed by atoms with Crippen LogP contribution in [0.5, 0.6) is 0 Å². The van der Waals surface area contributed by atoms with Crippen molar-refractivity contribution in [3.63, 3.8) is 0 Å². The van der Waals surface area contributed by atoms with Gasteiger partial charge in [0, 0.05) is 0 Å². The monoisotopic (exact) mass is 1040 g/mol. The van der Waals surface area contributed by atoms with E-state index in [-0.39, 0.29) is 0 Å². The molecule has 0 nitrogen and oxygen atoms in total. The standard InChI is InChI=1S/C78H52Si2/c1-6-26-53(27-7-1)55-50-54-28-16-17-37-60(54)71(51-55)76-65-42-22-40-61(63-44-24-48-74-77(63)67-38-18-20-46-72(67)79(74,56-29-8-2-9-30-56)57-31-10-3-11-32-57)69(65)52-70-62(41-23-43-66(70)76)64-45-25-49-75-78(64)68-39-19-21-47-73(68)80(75,58-33-12-4-13-34-58)59-35-14-5-15-36-59/h1-52H. The number of hydrogen-bond donors (Lipinski definition) is 0. The van der Waals surface area contributed by atoms with Crippen molar-refractivity contribution < 1.29 is 0 Å². The zero-order chi connectivity index (χ0) is 52.8. The van der Waals surface area contributed by atoms with Gasteiger partial charge in [0.1, 0.15) is 0 Å². The van der Waals surface area contributed by atoms with Crippen LogP contribution in [-0.2, 0) is 0 Å². The minimum atomic E-state index is -2.78. The third-order valence-electron chi connectivity index (χ3n) is 17.8. The first kappa shape index (κ1) is 46.4. The number of rotatable bonds is 8. The number of fused-ring (bicyclic) bond motifs is 9. The normalized spacial score (nSPS) is 13.4. The molecule has 0 aromatic heterocycles. The molecule has 0 N–H and O–H groups in total. The van der Waals surface area contributed by atoms with E-state index in [2.05, 4.69) is 315 Å². The SMILES string of the molecule is c1ccc(-c2cc(-c3c4cccc(-c5cccc6c5-c5ccccc5[Si]6(c5ccccc5)c5ccccc5)c4cc4c(-c5cccc6c5-c5ccccc5[Si]6(c5ccccc5)c5ccccc5)cccc34)c3ccccc3c2)cc1. The average molecular weight is 1050 g/mol. The lowest BCUT2D eigenvalue weighted by atomic mass is 9.82. The molecule has 0 bridgehead atoms. The molecule has 2 aliphatic heterocycles. The van der Waals surface area contributed by atoms with Crippen LogP contribution in [-0.4, -0.2) is 16.1 Å². The molecule has 0 radical (unpaired) electrons. The average Bonchev–Trinajstić information content (AvgIpc) is 4.23. The molecule has 2 heterocycles. The van der Waals surface area contributed by atoms with Crippen LogP contribution in [0.25, 0.3) is 99.1 Å². The van der Waals surface area contributed by atoms with Gasteiger partial charge in [-0.3, -0.25) is 0 Å². The van der Waals surface area contributed by atoms with Gasteiger partial charge in [0.15, 0.2) is 16.1 Å². The summed E-state index contributed by atoms with van der Waals surface area (Å²) in [6, 6.07) is 120. The maximum Gasteiger partial charge on any atom is 0.180 e. The molecular weight excluding hydrogens is 993 g/mol. The highest BCUT2D eigenvalue weighted by molar-refractivity contribution is 7.23. The summed E-state index contributed by atoms with van der Waals surface area (Å²) >= 11 is 0. The Hall–Kier alpha value is -9.71. The highest BCUT2D eigenvalue weighted by atomic mass is 28.3. The molecule has 0 aliphatic carbocycles. The number of benzene rings is 14. The molecule has 0 amide bonds. The molecule has 0 atom stereocenters. The van der Waals surface area contributed by atoms with Gasteiger partial charge in [0.2, 0.25) is 0 Å². The van der Waals surface area contributed by atoms with Gasteiger partial charge < -0.3 is 0 Å². The zero-order valence-electron chi connectivity index (χ0n) is 44.0. The van der Waals surface area contributed by atoms with E-state index in [9.17, 15) is 0 Å². The van der Waals surface area contributed by atoms with Crippen LogP contribution in [0, 0.1) is 0 Å². The quantitative estimate of drug-likeness (QED) is 0.105. The third-order valence-corrected chi connectivity index (χ3v) is 27.6. The summed E-state index contributed by atoms with van der Waals surface area (Å²) in [6.07, 6.45) is 0. The highest BCUT2D eigenvalue weighted by Crippen LogP contribution is 2.49. The lowest BCUT2D eigenvalue weighted by molar-refractivity contribution is 1.63. The molecule has 0 fully saturated rings. The predicted octanol–water partition coefficient (Wildman–Crippen LogP) is 14.5. The first-order valence-corrected chi connectivity index (χ1v) is 32.0. The Labute approximate surface area is 469 Å². The van der Waals surface area contributed by atoms with E-state index in [1.165, 1.54) is 141 Å². The fourth-order valence-electron chi connectivity index (χ4n) is 14.7. The van der Waals surface area contributed by atoms with Crippen molar-refractivity contribution in [1.82, 2.24) is 0 Å². The molecule has 14 aromatic carbocycles. The van der Waals surface area contributed by atoms with E-state index in [0.717, 1.165) is 0 Å². The molecule has 0 spiro atoms. The lowest BCUT2D eigenvalue weighted by Gasteiger charge is -2.31. The fourth-order valence-corrected chi connectivity index (χ4v) is 25.1. The van der Waals surface area contributed by atoms with Gasteiger partial charge in [-0.1, -0.05) is 297 Å². The van der Waals surface area contributed by atoms with Gasteiger partial charge in [-0.05, 0) is 159 Å². The molecule has 0 unspecified atom stereocenters. The molecule has 2 heteroatoms. The molecule has 16 rings (SSSR count). The molecule has 80 heavy (non-hydrogen) atoms. The largest absolute Gasteiger partial charge is 0.180 e. The molecular formula is C78H52Si2. The summed E-state index contributed by atoms with van der Waals surface area (Å²) in [5, 5.41) is 18.8. The van der Waals surface area contributed by atoms with E-state index in [1.54, 1.807) is 0 Å². The van der Waals surface area contributed by atoms with Crippen LogP contribution in [0.4, 0.5) is 0 Å². The van der Waals surface area contributed by atoms with Crippen molar-refractivity contribution >= 4 is 90.0 Å². The van der Waals surface area contributed by atoms with Crippen molar-refractivity contribution in [2.24, 2.45) is 0 Å². The van der Waals surface area contributed by atoms with Crippen LogP contribution >= 0.6 is 0 Å². The van der Waals surface area contributed by atoms with Crippen molar-refractivity contribution in [1.29, 1.82) is 0 Å². The molecule has 14 aromatic rings. The van der Waals surface area contributed by atoms with Crippen molar-refractivity contribution in [2.45, 2.75) is 0 Å². The predicted molar refractivity (Wildman–Crippen MR) is 346 cm³/mol. The molecule has 0 saturated heterocycles. The zero-order valence-corrected chi connectivity index (χ0v) is 46.0. The van der Waals surface area contributed by atoms with Crippen molar-refractivity contribution in [2.75, 3.05) is 0 Å². The van der Waals surface area contributed by atoms with E-state index in [1.807, 2.05) is 0 Å². The van der Waals surface area contributed by atoms with Gasteiger partial charge in [0.25, 0.3) is 0 Å². The number of hydrogen-bond acceptors (Lipinski definition) is 0. The van der Waals surface area contributed by atoms with E-state index in [0.29, 0.717) is 0 Å². The van der Waals surface area contributed by atoms with Crippen molar-refractivity contribution in [3.05, 3.63) is 315 Å². The third kappa shape index (κ3) is 6.67. The second-order valence-electron chi connectivity index (χ2n) is 21.7. The van der Waals surface area contributed by atoms with Gasteiger partial charge >= 0.3 is 0 Å². The Kier molecular flexibility index (Phi) is 10.7. The summed E-state index contributed by atoms with van der Waals surface area (Å²) in [6.45, 7) is 0. The Morgan fingerprint density at radius 3 is 1.00 bits per heavy atom. The maximum absolute atomic E-state index is 2.78. The minimum Gasteiger partial charge on any atom is -0.0623 e. The summed E-state index contributed by atoms with van der Waals surface area (Å²) in [5.74, 6) is 0. The van der Waals surface area contributed by atoms with Crippen LogP contribution in [0.1, 0.15) is 0 Å². The Bertz CT molecular complexity index is 4420. The topological polar surface area (TPSA) is 0 Å². The first-order chi connectivity index (χ1) is 39.7. The highest BCUT2D eigenvalue weighted by Gasteiger charge is 2.51. The summed E-state index contributed by atoms with van der Waals surface area (Å²) in [4.78, 5) is 0. The van der Waals surface area contributed by atoms with Crippen LogP contribution < -0.4 is 41.5 Å². The fraction of sp³-hybridized carbons (Fsp3) is 0. The van der Waals surface area contributed by atoms with Gasteiger partial charge in [0.05, 0.1) is 0 Å². The maximum atomic E-state index is 2.57. The Morgan fingerprint density at radius 1 is 0.175 bits per heavy atom. The molecule has 2 aliphatic rings. The molecule has 372 valence electrons. The summed E-state index contributed by atoms with van der Waals surface area (Å²) in [7, 11) is -5.57. The van der Waals surface area contributed by atoms with Crippen molar-refractivity contribution in [3.8, 4) is 66.8 Å². The van der Waals surface area contributed by atoms with E-state index in [4.69, 9.17) is 0 Å². The summed E-state index contributed by atoms with van der Waals surface area (Å²) < 4.78 is 0.